The second-order valence-corrected chi connectivity index (χ2v) is 6.04. The van der Waals surface area contributed by atoms with Crippen LogP contribution in [-0.4, -0.2) is 17.6 Å². The van der Waals surface area contributed by atoms with Crippen LogP contribution in [-0.2, 0) is 24.3 Å². The predicted molar refractivity (Wildman–Crippen MR) is 68.8 cm³/mol. The molecule has 0 spiro atoms. The molecule has 1 aromatic rings. The molecular formula is C12H22N2OS. The van der Waals surface area contributed by atoms with Crippen molar-refractivity contribution in [2.24, 2.45) is 0 Å². The molecule has 1 rings (SSSR count). The van der Waals surface area contributed by atoms with Crippen LogP contribution in [0.1, 0.15) is 43.3 Å². The number of hydrogen-bond donors (Lipinski definition) is 1. The first-order chi connectivity index (χ1) is 7.46. The number of nitrogens with zero attached hydrogens (tertiary/aromatic N) is 1. The average molecular weight is 242 g/mol. The van der Waals surface area contributed by atoms with E-state index in [2.05, 4.69) is 38.0 Å². The van der Waals surface area contributed by atoms with Gasteiger partial charge in [-0.15, -0.1) is 11.3 Å². The summed E-state index contributed by atoms with van der Waals surface area (Å²) in [4.78, 5) is 5.87. The van der Waals surface area contributed by atoms with Crippen LogP contribution in [0.25, 0.3) is 0 Å². The van der Waals surface area contributed by atoms with E-state index in [4.69, 9.17) is 4.74 Å². The molecule has 0 unspecified atom stereocenters. The van der Waals surface area contributed by atoms with Crippen molar-refractivity contribution in [2.45, 2.75) is 52.8 Å². The Labute approximate surface area is 102 Å². The van der Waals surface area contributed by atoms with E-state index in [0.717, 1.165) is 18.7 Å². The predicted octanol–water partition coefficient (Wildman–Crippen LogP) is 2.74. The smallest absolute Gasteiger partial charge is 0.0929 e. The van der Waals surface area contributed by atoms with Crippen LogP contribution in [0.5, 0.6) is 0 Å². The Bertz CT molecular complexity index is 328. The quantitative estimate of drug-likeness (QED) is 0.862. The van der Waals surface area contributed by atoms with E-state index in [0.29, 0.717) is 6.61 Å². The summed E-state index contributed by atoms with van der Waals surface area (Å²) >= 11 is 1.79. The third kappa shape index (κ3) is 4.20. The number of hydrogen-bond acceptors (Lipinski definition) is 4. The lowest BCUT2D eigenvalue weighted by Gasteiger charge is -2.20. The van der Waals surface area contributed by atoms with Gasteiger partial charge < -0.3 is 10.1 Å². The van der Waals surface area contributed by atoms with Gasteiger partial charge in [-0.05, 0) is 27.2 Å². The van der Waals surface area contributed by atoms with Gasteiger partial charge in [-0.2, -0.15) is 0 Å². The average Bonchev–Trinajstić information content (AvgIpc) is 2.57. The van der Waals surface area contributed by atoms with Gasteiger partial charge in [0.1, 0.15) is 0 Å². The monoisotopic (exact) mass is 242 g/mol. The van der Waals surface area contributed by atoms with E-state index in [1.165, 1.54) is 9.88 Å². The van der Waals surface area contributed by atoms with E-state index in [1.807, 2.05) is 0 Å². The van der Waals surface area contributed by atoms with Crippen molar-refractivity contribution in [3.8, 4) is 0 Å². The maximum absolute atomic E-state index is 5.17. The highest BCUT2D eigenvalue weighted by Gasteiger charge is 2.14. The van der Waals surface area contributed by atoms with Crippen LogP contribution < -0.4 is 5.32 Å². The molecule has 16 heavy (non-hydrogen) atoms. The van der Waals surface area contributed by atoms with Gasteiger partial charge in [0.25, 0.3) is 0 Å². The molecule has 92 valence electrons. The molecule has 0 fully saturated rings. The zero-order valence-corrected chi connectivity index (χ0v) is 11.7. The topological polar surface area (TPSA) is 34.1 Å². The fourth-order valence-corrected chi connectivity index (χ4v) is 2.27. The summed E-state index contributed by atoms with van der Waals surface area (Å²) < 4.78 is 5.17. The van der Waals surface area contributed by atoms with Gasteiger partial charge in [-0.1, -0.05) is 6.92 Å². The van der Waals surface area contributed by atoms with Crippen LogP contribution in [0.3, 0.4) is 0 Å². The van der Waals surface area contributed by atoms with Crippen LogP contribution in [0.2, 0.25) is 0 Å². The molecule has 0 bridgehead atoms. The van der Waals surface area contributed by atoms with Crippen molar-refractivity contribution in [2.75, 3.05) is 7.11 Å². The van der Waals surface area contributed by atoms with Crippen LogP contribution in [0.15, 0.2) is 0 Å². The molecule has 0 aliphatic heterocycles. The van der Waals surface area contributed by atoms with E-state index in [1.54, 1.807) is 18.4 Å². The van der Waals surface area contributed by atoms with E-state index in [9.17, 15) is 0 Å². The molecule has 4 heteroatoms. The van der Waals surface area contributed by atoms with Crippen LogP contribution >= 0.6 is 11.3 Å². The molecule has 3 nitrogen and oxygen atoms in total. The van der Waals surface area contributed by atoms with E-state index < -0.39 is 0 Å². The molecule has 0 radical (unpaired) electrons. The maximum atomic E-state index is 5.17. The zero-order chi connectivity index (χ0) is 12.2. The Balaban J connectivity index is 2.72. The van der Waals surface area contributed by atoms with Crippen molar-refractivity contribution in [1.82, 2.24) is 10.3 Å². The van der Waals surface area contributed by atoms with Crippen molar-refractivity contribution in [3.63, 3.8) is 0 Å². The second-order valence-electron chi connectivity index (χ2n) is 4.87. The SMILES string of the molecule is CCc1nc(COC)c(CNC(C)(C)C)s1. The molecule has 0 aromatic carbocycles. The first-order valence-electron chi connectivity index (χ1n) is 5.67. The Kier molecular flexibility index (Phi) is 4.89. The first kappa shape index (κ1) is 13.6. The number of thiazole rings is 1. The molecule has 0 amide bonds. The second kappa shape index (κ2) is 5.75. The van der Waals surface area contributed by atoms with Gasteiger partial charge in [-0.3, -0.25) is 0 Å². The molecule has 1 heterocycles. The molecule has 0 saturated carbocycles. The van der Waals surface area contributed by atoms with Gasteiger partial charge in [0.05, 0.1) is 17.3 Å². The zero-order valence-electron chi connectivity index (χ0n) is 10.9. The Morgan fingerprint density at radius 1 is 1.38 bits per heavy atom. The fraction of sp³-hybridized carbons (Fsp3) is 0.750. The number of aromatic nitrogens is 1. The summed E-state index contributed by atoms with van der Waals surface area (Å²) in [5, 5.41) is 4.68. The fourth-order valence-electron chi connectivity index (χ4n) is 1.32. The third-order valence-electron chi connectivity index (χ3n) is 2.19. The highest BCUT2D eigenvalue weighted by atomic mass is 32.1. The van der Waals surface area contributed by atoms with Crippen molar-refractivity contribution < 1.29 is 4.74 Å². The van der Waals surface area contributed by atoms with Gasteiger partial charge in [-0.25, -0.2) is 4.98 Å². The lowest BCUT2D eigenvalue weighted by atomic mass is 10.1. The number of ether oxygens (including phenoxy) is 1. The molecule has 1 N–H and O–H groups in total. The largest absolute Gasteiger partial charge is 0.378 e. The first-order valence-corrected chi connectivity index (χ1v) is 6.49. The van der Waals surface area contributed by atoms with Crippen LogP contribution in [0, 0.1) is 0 Å². The van der Waals surface area contributed by atoms with Crippen LogP contribution in [0.4, 0.5) is 0 Å². The molecule has 1 aromatic heterocycles. The Morgan fingerprint density at radius 2 is 2.06 bits per heavy atom. The number of nitrogens with one attached hydrogen (secondary N) is 1. The van der Waals surface area contributed by atoms with Gasteiger partial charge in [0, 0.05) is 24.1 Å². The van der Waals surface area contributed by atoms with Crippen molar-refractivity contribution in [3.05, 3.63) is 15.6 Å². The standard InChI is InChI=1S/C12H22N2OS/c1-6-11-14-9(8-15-5)10(16-11)7-13-12(2,3)4/h13H,6-8H2,1-5H3. The highest BCUT2D eigenvalue weighted by Crippen LogP contribution is 2.20. The number of rotatable bonds is 5. The van der Waals surface area contributed by atoms with Gasteiger partial charge >= 0.3 is 0 Å². The summed E-state index contributed by atoms with van der Waals surface area (Å²) in [5.74, 6) is 0. The van der Waals surface area contributed by atoms with Gasteiger partial charge in [0.15, 0.2) is 0 Å². The summed E-state index contributed by atoms with van der Waals surface area (Å²) in [7, 11) is 1.71. The Morgan fingerprint density at radius 3 is 2.56 bits per heavy atom. The molecular weight excluding hydrogens is 220 g/mol. The minimum atomic E-state index is 0.140. The lowest BCUT2D eigenvalue weighted by Crippen LogP contribution is -2.35. The van der Waals surface area contributed by atoms with E-state index >= 15 is 0 Å². The summed E-state index contributed by atoms with van der Waals surface area (Å²) in [6.07, 6.45) is 0.997. The number of methoxy groups -OCH3 is 1. The molecule has 0 aliphatic carbocycles. The minimum absolute atomic E-state index is 0.140. The summed E-state index contributed by atoms with van der Waals surface area (Å²) in [6, 6.07) is 0. The molecule has 0 saturated heterocycles. The lowest BCUT2D eigenvalue weighted by molar-refractivity contribution is 0.181. The molecule has 0 aliphatic rings. The summed E-state index contributed by atoms with van der Waals surface area (Å²) in [5.41, 5.74) is 1.22. The highest BCUT2D eigenvalue weighted by molar-refractivity contribution is 7.11. The van der Waals surface area contributed by atoms with Crippen molar-refractivity contribution >= 4 is 11.3 Å². The minimum Gasteiger partial charge on any atom is -0.378 e. The van der Waals surface area contributed by atoms with Gasteiger partial charge in [0.2, 0.25) is 0 Å². The summed E-state index contributed by atoms with van der Waals surface area (Å²) in [6.45, 7) is 10.1. The third-order valence-corrected chi connectivity index (χ3v) is 3.43. The van der Waals surface area contributed by atoms with E-state index in [-0.39, 0.29) is 5.54 Å². The number of aryl methyl sites for hydroxylation is 1. The normalized spacial score (nSPS) is 12.1. The van der Waals surface area contributed by atoms with Crippen molar-refractivity contribution in [1.29, 1.82) is 0 Å². The Hall–Kier alpha value is -0.450. The molecule has 0 atom stereocenters. The maximum Gasteiger partial charge on any atom is 0.0929 e.